The second kappa shape index (κ2) is 8.34. The minimum Gasteiger partial charge on any atom is -0.377 e. The van der Waals surface area contributed by atoms with E-state index in [2.05, 4.69) is 5.32 Å². The normalized spacial score (nSPS) is 13.7. The van der Waals surface area contributed by atoms with Crippen molar-refractivity contribution in [3.8, 4) is 0 Å². The van der Waals surface area contributed by atoms with Crippen LogP contribution in [0.2, 0.25) is 0 Å². The zero-order chi connectivity index (χ0) is 18.6. The Bertz CT molecular complexity index is 624. The van der Waals surface area contributed by atoms with Crippen molar-refractivity contribution in [1.29, 1.82) is 0 Å². The lowest BCUT2D eigenvalue weighted by Crippen LogP contribution is -2.37. The fraction of sp³-hybridized carbons (Fsp3) is 0.579. The molecule has 1 fully saturated rings. The van der Waals surface area contributed by atoms with Gasteiger partial charge in [-0.05, 0) is 50.5 Å². The van der Waals surface area contributed by atoms with Gasteiger partial charge in [0, 0.05) is 51.1 Å². The molecule has 0 unspecified atom stereocenters. The molecule has 2 amide bonds. The predicted molar refractivity (Wildman–Crippen MR) is 99.7 cm³/mol. The van der Waals surface area contributed by atoms with E-state index in [-0.39, 0.29) is 30.4 Å². The first-order valence-corrected chi connectivity index (χ1v) is 8.73. The summed E-state index contributed by atoms with van der Waals surface area (Å²) in [7, 11) is 5.44. The van der Waals surface area contributed by atoms with E-state index in [1.54, 1.807) is 0 Å². The molecule has 25 heavy (non-hydrogen) atoms. The van der Waals surface area contributed by atoms with Gasteiger partial charge in [-0.15, -0.1) is 0 Å². The van der Waals surface area contributed by atoms with Crippen molar-refractivity contribution in [3.63, 3.8) is 0 Å². The molecular weight excluding hydrogens is 318 g/mol. The molecule has 1 N–H and O–H groups in total. The largest absolute Gasteiger partial charge is 0.377 e. The molecule has 0 atom stereocenters. The molecule has 1 saturated carbocycles. The maximum absolute atomic E-state index is 12.6. The number of anilines is 2. The molecule has 0 spiro atoms. The highest BCUT2D eigenvalue weighted by Gasteiger charge is 2.34. The van der Waals surface area contributed by atoms with Crippen LogP contribution in [0.3, 0.4) is 0 Å². The molecule has 1 aliphatic rings. The molecule has 0 saturated heterocycles. The summed E-state index contributed by atoms with van der Waals surface area (Å²) in [5, 5.41) is 2.83. The van der Waals surface area contributed by atoms with Gasteiger partial charge in [0.25, 0.3) is 0 Å². The Morgan fingerprint density at radius 2 is 1.96 bits per heavy atom. The Morgan fingerprint density at radius 1 is 1.28 bits per heavy atom. The number of methoxy groups -OCH3 is 1. The van der Waals surface area contributed by atoms with Crippen molar-refractivity contribution < 1.29 is 14.3 Å². The van der Waals surface area contributed by atoms with Crippen LogP contribution in [-0.4, -0.2) is 50.6 Å². The van der Waals surface area contributed by atoms with Crippen LogP contribution in [0.15, 0.2) is 18.2 Å². The highest BCUT2D eigenvalue weighted by atomic mass is 16.5. The number of nitrogens with zero attached hydrogens (tertiary/aromatic N) is 2. The summed E-state index contributed by atoms with van der Waals surface area (Å²) in [4.78, 5) is 28.3. The number of benzene rings is 1. The Morgan fingerprint density at radius 3 is 2.48 bits per heavy atom. The number of amides is 2. The van der Waals surface area contributed by atoms with Crippen LogP contribution < -0.4 is 10.2 Å². The van der Waals surface area contributed by atoms with Crippen LogP contribution >= 0.6 is 0 Å². The van der Waals surface area contributed by atoms with E-state index in [0.29, 0.717) is 12.2 Å². The first-order chi connectivity index (χ1) is 11.8. The summed E-state index contributed by atoms with van der Waals surface area (Å²) in [5.74, 6) is 0.226. The van der Waals surface area contributed by atoms with Crippen molar-refractivity contribution in [1.82, 2.24) is 4.90 Å². The van der Waals surface area contributed by atoms with Crippen molar-refractivity contribution >= 4 is 23.2 Å². The number of nitrogens with one attached hydrogen (secondary N) is 1. The highest BCUT2D eigenvalue weighted by Crippen LogP contribution is 2.33. The van der Waals surface area contributed by atoms with Gasteiger partial charge in [0.15, 0.2) is 0 Å². The molecule has 0 aromatic heterocycles. The summed E-state index contributed by atoms with van der Waals surface area (Å²) in [6, 6.07) is 5.92. The first kappa shape index (κ1) is 19.2. The third-order valence-electron chi connectivity index (χ3n) is 4.29. The molecule has 0 radical (unpaired) electrons. The Kier molecular flexibility index (Phi) is 6.42. The molecular formula is C19H29N3O3. The van der Waals surface area contributed by atoms with Crippen LogP contribution in [0, 0.1) is 5.92 Å². The third-order valence-corrected chi connectivity index (χ3v) is 4.29. The highest BCUT2D eigenvalue weighted by molar-refractivity contribution is 5.92. The van der Waals surface area contributed by atoms with Crippen molar-refractivity contribution in [3.05, 3.63) is 23.8 Å². The second-order valence-electron chi connectivity index (χ2n) is 7.05. The van der Waals surface area contributed by atoms with E-state index in [1.807, 2.05) is 55.9 Å². The Hall–Kier alpha value is -2.08. The van der Waals surface area contributed by atoms with E-state index in [9.17, 15) is 9.59 Å². The smallest absolute Gasteiger partial charge is 0.250 e. The average molecular weight is 347 g/mol. The Balaban J connectivity index is 2.25. The minimum absolute atomic E-state index is 0.0169. The van der Waals surface area contributed by atoms with Crippen LogP contribution in [-0.2, 0) is 20.9 Å². The minimum atomic E-state index is -0.194. The van der Waals surface area contributed by atoms with Gasteiger partial charge in [0.05, 0.1) is 0 Å². The number of carbonyl (C=O) groups is 2. The van der Waals surface area contributed by atoms with Crippen molar-refractivity contribution in [2.75, 3.05) is 38.0 Å². The number of hydrogen-bond donors (Lipinski definition) is 1. The molecule has 0 aliphatic heterocycles. The maximum atomic E-state index is 12.6. The molecule has 1 aliphatic carbocycles. The summed E-state index contributed by atoms with van der Waals surface area (Å²) in [6.45, 7) is 4.64. The van der Waals surface area contributed by atoms with Gasteiger partial charge in [-0.3, -0.25) is 9.59 Å². The van der Waals surface area contributed by atoms with Crippen LogP contribution in [0.5, 0.6) is 0 Å². The van der Waals surface area contributed by atoms with Gasteiger partial charge in [-0.25, -0.2) is 0 Å². The zero-order valence-corrected chi connectivity index (χ0v) is 15.8. The molecule has 0 bridgehead atoms. The van der Waals surface area contributed by atoms with Crippen molar-refractivity contribution in [2.24, 2.45) is 5.92 Å². The summed E-state index contributed by atoms with van der Waals surface area (Å²) in [5.41, 5.74) is 2.77. The van der Waals surface area contributed by atoms with Gasteiger partial charge in [-0.2, -0.15) is 0 Å². The number of carbonyl (C=O) groups excluding carboxylic acids is 2. The topological polar surface area (TPSA) is 61.9 Å². The van der Waals surface area contributed by atoms with E-state index >= 15 is 0 Å². The molecule has 1 aromatic carbocycles. The summed E-state index contributed by atoms with van der Waals surface area (Å²) in [6.07, 6.45) is 1.99. The number of hydrogen-bond acceptors (Lipinski definition) is 4. The average Bonchev–Trinajstić information content (AvgIpc) is 3.36. The predicted octanol–water partition coefficient (Wildman–Crippen LogP) is 2.48. The van der Waals surface area contributed by atoms with E-state index < -0.39 is 0 Å². The Labute approximate surface area is 150 Å². The zero-order valence-electron chi connectivity index (χ0n) is 15.8. The molecule has 1 aromatic rings. The van der Waals surface area contributed by atoms with Crippen LogP contribution in [0.25, 0.3) is 0 Å². The van der Waals surface area contributed by atoms with E-state index in [4.69, 9.17) is 4.74 Å². The lowest BCUT2D eigenvalue weighted by atomic mass is 10.1. The lowest BCUT2D eigenvalue weighted by Gasteiger charge is -2.29. The fourth-order valence-electron chi connectivity index (χ4n) is 2.82. The van der Waals surface area contributed by atoms with Gasteiger partial charge >= 0.3 is 0 Å². The maximum Gasteiger partial charge on any atom is 0.250 e. The van der Waals surface area contributed by atoms with Crippen LogP contribution in [0.4, 0.5) is 11.4 Å². The molecule has 6 nitrogen and oxygen atoms in total. The molecule has 138 valence electrons. The molecule has 2 rings (SSSR count). The number of ether oxygens (including phenoxy) is 1. The molecule has 0 heterocycles. The van der Waals surface area contributed by atoms with E-state index in [1.165, 1.54) is 7.11 Å². The van der Waals surface area contributed by atoms with Gasteiger partial charge in [0.2, 0.25) is 11.8 Å². The quantitative estimate of drug-likeness (QED) is 0.785. The standard InChI is InChI=1S/C19H29N3O3/c1-13(2)22(19(24)14-6-7-14)11-15-10-16(20-18(23)12-25-5)8-9-17(15)21(3)4/h8-10,13-14H,6-7,11-12H2,1-5H3,(H,20,23). The first-order valence-electron chi connectivity index (χ1n) is 8.73. The third kappa shape index (κ3) is 5.19. The number of rotatable bonds is 8. The summed E-state index contributed by atoms with van der Waals surface area (Å²) >= 11 is 0. The summed E-state index contributed by atoms with van der Waals surface area (Å²) < 4.78 is 4.86. The van der Waals surface area contributed by atoms with E-state index in [0.717, 1.165) is 24.1 Å². The lowest BCUT2D eigenvalue weighted by molar-refractivity contribution is -0.135. The molecule has 6 heteroatoms. The SMILES string of the molecule is COCC(=O)Nc1ccc(N(C)C)c(CN(C(=O)C2CC2)C(C)C)c1. The van der Waals surface area contributed by atoms with Crippen molar-refractivity contribution in [2.45, 2.75) is 39.3 Å². The fourth-order valence-corrected chi connectivity index (χ4v) is 2.82. The van der Waals surface area contributed by atoms with Crippen LogP contribution in [0.1, 0.15) is 32.3 Å². The van der Waals surface area contributed by atoms with Gasteiger partial charge in [0.1, 0.15) is 6.61 Å². The van der Waals surface area contributed by atoms with Gasteiger partial charge < -0.3 is 19.9 Å². The van der Waals surface area contributed by atoms with Gasteiger partial charge in [-0.1, -0.05) is 0 Å². The monoisotopic (exact) mass is 347 g/mol. The second-order valence-corrected chi connectivity index (χ2v) is 7.05.